The van der Waals surface area contributed by atoms with Crippen LogP contribution in [-0.2, 0) is 0 Å². The van der Waals surface area contributed by atoms with E-state index in [1.807, 2.05) is 25.1 Å². The van der Waals surface area contributed by atoms with E-state index in [9.17, 15) is 0 Å². The maximum atomic E-state index is 5.88. The van der Waals surface area contributed by atoms with E-state index in [0.717, 1.165) is 48.9 Å². The van der Waals surface area contributed by atoms with Crippen molar-refractivity contribution >= 4 is 11.5 Å². The number of anilines is 1. The first kappa shape index (κ1) is 16.4. The molecule has 0 unspecified atom stereocenters. The van der Waals surface area contributed by atoms with Gasteiger partial charge >= 0.3 is 0 Å². The zero-order chi connectivity index (χ0) is 18.2. The molecule has 1 saturated heterocycles. The van der Waals surface area contributed by atoms with Crippen molar-refractivity contribution in [2.24, 2.45) is 5.92 Å². The van der Waals surface area contributed by atoms with Gasteiger partial charge in [-0.3, -0.25) is 0 Å². The third-order valence-electron chi connectivity index (χ3n) is 5.47. The molecule has 8 heteroatoms. The summed E-state index contributed by atoms with van der Waals surface area (Å²) in [5, 5.41) is 21.3. The standard InChI is InChI=1S/C19H23N7O/c1-13-20-22-17-5-6-18(24-26(13)17)25-10-8-14(9-11-25)12-27-19-7-4-16(21-23-19)15-2-3-15/h4-7,14-15H,2-3,8-12H2,1H3. The van der Waals surface area contributed by atoms with Crippen molar-refractivity contribution < 1.29 is 4.74 Å². The van der Waals surface area contributed by atoms with Gasteiger partial charge in [0.2, 0.25) is 5.88 Å². The van der Waals surface area contributed by atoms with Crippen LogP contribution in [0.4, 0.5) is 5.82 Å². The summed E-state index contributed by atoms with van der Waals surface area (Å²) in [6.45, 7) is 4.56. The molecule has 2 aliphatic rings. The van der Waals surface area contributed by atoms with Crippen LogP contribution in [0, 0.1) is 12.8 Å². The number of aryl methyl sites for hydroxylation is 1. The molecular formula is C19H23N7O. The van der Waals surface area contributed by atoms with Crippen LogP contribution >= 0.6 is 0 Å². The fourth-order valence-corrected chi connectivity index (χ4v) is 3.59. The number of aromatic nitrogens is 6. The molecule has 4 heterocycles. The van der Waals surface area contributed by atoms with E-state index in [2.05, 4.69) is 36.5 Å². The molecule has 0 spiro atoms. The molecule has 2 fully saturated rings. The maximum absolute atomic E-state index is 5.88. The van der Waals surface area contributed by atoms with Gasteiger partial charge in [0.25, 0.3) is 0 Å². The Hall–Kier alpha value is -2.77. The average molecular weight is 365 g/mol. The largest absolute Gasteiger partial charge is 0.476 e. The maximum Gasteiger partial charge on any atom is 0.233 e. The smallest absolute Gasteiger partial charge is 0.233 e. The van der Waals surface area contributed by atoms with Crippen LogP contribution in [-0.4, -0.2) is 49.7 Å². The first-order valence-corrected chi connectivity index (χ1v) is 9.67. The number of hydrogen-bond donors (Lipinski definition) is 0. The van der Waals surface area contributed by atoms with E-state index in [1.165, 1.54) is 12.8 Å². The Morgan fingerprint density at radius 3 is 2.56 bits per heavy atom. The Morgan fingerprint density at radius 2 is 1.81 bits per heavy atom. The molecule has 0 bridgehead atoms. The second-order valence-electron chi connectivity index (χ2n) is 7.52. The van der Waals surface area contributed by atoms with Crippen LogP contribution in [0.2, 0.25) is 0 Å². The minimum Gasteiger partial charge on any atom is -0.476 e. The summed E-state index contributed by atoms with van der Waals surface area (Å²) < 4.78 is 7.68. The molecule has 8 nitrogen and oxygen atoms in total. The first-order chi connectivity index (χ1) is 13.3. The second-order valence-corrected chi connectivity index (χ2v) is 7.52. The Bertz CT molecular complexity index is 927. The number of hydrogen-bond acceptors (Lipinski definition) is 7. The molecule has 1 saturated carbocycles. The quantitative estimate of drug-likeness (QED) is 0.687. The molecule has 0 atom stereocenters. The third kappa shape index (κ3) is 3.43. The van der Waals surface area contributed by atoms with E-state index in [4.69, 9.17) is 4.74 Å². The van der Waals surface area contributed by atoms with Gasteiger partial charge in [0.1, 0.15) is 5.82 Å². The Balaban J connectivity index is 1.15. The number of nitrogens with zero attached hydrogens (tertiary/aromatic N) is 7. The first-order valence-electron chi connectivity index (χ1n) is 9.67. The Morgan fingerprint density at radius 1 is 0.963 bits per heavy atom. The molecular weight excluding hydrogens is 342 g/mol. The Labute approximate surface area is 157 Å². The van der Waals surface area contributed by atoms with E-state index >= 15 is 0 Å². The molecule has 3 aromatic heterocycles. The van der Waals surface area contributed by atoms with Crippen molar-refractivity contribution in [1.82, 2.24) is 30.0 Å². The van der Waals surface area contributed by atoms with Gasteiger partial charge in [-0.25, -0.2) is 0 Å². The number of ether oxygens (including phenoxy) is 1. The molecule has 1 aliphatic heterocycles. The van der Waals surface area contributed by atoms with Crippen LogP contribution in [0.1, 0.15) is 43.1 Å². The molecule has 0 N–H and O–H groups in total. The molecule has 3 aromatic rings. The monoisotopic (exact) mass is 365 g/mol. The molecule has 1 aliphatic carbocycles. The lowest BCUT2D eigenvalue weighted by Crippen LogP contribution is -2.36. The van der Waals surface area contributed by atoms with E-state index in [1.54, 1.807) is 4.52 Å². The summed E-state index contributed by atoms with van der Waals surface area (Å²) in [5.41, 5.74) is 1.89. The van der Waals surface area contributed by atoms with Crippen molar-refractivity contribution in [1.29, 1.82) is 0 Å². The summed E-state index contributed by atoms with van der Waals surface area (Å²) in [6, 6.07) is 8.01. The molecule has 140 valence electrons. The highest BCUT2D eigenvalue weighted by Gasteiger charge is 2.25. The number of piperidine rings is 1. The fraction of sp³-hybridized carbons (Fsp3) is 0.526. The summed E-state index contributed by atoms with van der Waals surface area (Å²) in [6.07, 6.45) is 4.64. The van der Waals surface area contributed by atoms with Crippen LogP contribution in [0.3, 0.4) is 0 Å². The zero-order valence-corrected chi connectivity index (χ0v) is 15.5. The highest BCUT2D eigenvalue weighted by Crippen LogP contribution is 2.38. The zero-order valence-electron chi connectivity index (χ0n) is 15.5. The van der Waals surface area contributed by atoms with Gasteiger partial charge < -0.3 is 9.64 Å². The lowest BCUT2D eigenvalue weighted by molar-refractivity contribution is 0.214. The molecule has 5 rings (SSSR count). The Kier molecular flexibility index (Phi) is 4.10. The normalized spacial score (nSPS) is 18.2. The highest BCUT2D eigenvalue weighted by molar-refractivity contribution is 5.45. The van der Waals surface area contributed by atoms with Crippen LogP contribution in [0.25, 0.3) is 5.65 Å². The minimum absolute atomic E-state index is 0.534. The van der Waals surface area contributed by atoms with Gasteiger partial charge in [-0.15, -0.1) is 20.4 Å². The highest BCUT2D eigenvalue weighted by atomic mass is 16.5. The summed E-state index contributed by atoms with van der Waals surface area (Å²) >= 11 is 0. The lowest BCUT2D eigenvalue weighted by atomic mass is 9.98. The van der Waals surface area contributed by atoms with Crippen molar-refractivity contribution in [2.75, 3.05) is 24.6 Å². The SMILES string of the molecule is Cc1nnc2ccc(N3CCC(COc4ccc(C5CC5)nn4)CC3)nn12. The lowest BCUT2D eigenvalue weighted by Gasteiger charge is -2.32. The van der Waals surface area contributed by atoms with Crippen molar-refractivity contribution in [3.63, 3.8) is 0 Å². The van der Waals surface area contributed by atoms with Crippen molar-refractivity contribution in [3.8, 4) is 5.88 Å². The van der Waals surface area contributed by atoms with E-state index < -0.39 is 0 Å². The summed E-state index contributed by atoms with van der Waals surface area (Å²) in [4.78, 5) is 2.32. The van der Waals surface area contributed by atoms with Gasteiger partial charge in [0.05, 0.1) is 12.3 Å². The summed E-state index contributed by atoms with van der Waals surface area (Å²) in [5.74, 6) is 3.59. The van der Waals surface area contributed by atoms with Crippen LogP contribution < -0.4 is 9.64 Å². The van der Waals surface area contributed by atoms with Gasteiger partial charge in [-0.05, 0) is 56.7 Å². The number of rotatable bonds is 5. The van der Waals surface area contributed by atoms with Gasteiger partial charge in [-0.1, -0.05) is 0 Å². The van der Waals surface area contributed by atoms with E-state index in [0.29, 0.717) is 24.3 Å². The van der Waals surface area contributed by atoms with Crippen molar-refractivity contribution in [2.45, 2.75) is 38.5 Å². The predicted molar refractivity (Wildman–Crippen MR) is 100.0 cm³/mol. The van der Waals surface area contributed by atoms with Crippen LogP contribution in [0.5, 0.6) is 5.88 Å². The van der Waals surface area contributed by atoms with Crippen molar-refractivity contribution in [3.05, 3.63) is 35.8 Å². The average Bonchev–Trinajstić information content (AvgIpc) is 3.51. The predicted octanol–water partition coefficient (Wildman–Crippen LogP) is 2.40. The fourth-order valence-electron chi connectivity index (χ4n) is 3.59. The summed E-state index contributed by atoms with van der Waals surface area (Å²) in [7, 11) is 0. The van der Waals surface area contributed by atoms with Gasteiger partial charge in [0, 0.05) is 25.1 Å². The molecule has 0 amide bonds. The third-order valence-corrected chi connectivity index (χ3v) is 5.47. The van der Waals surface area contributed by atoms with Crippen LogP contribution in [0.15, 0.2) is 24.3 Å². The van der Waals surface area contributed by atoms with Gasteiger partial charge in [-0.2, -0.15) is 9.61 Å². The molecule has 27 heavy (non-hydrogen) atoms. The molecule has 0 aromatic carbocycles. The molecule has 0 radical (unpaired) electrons. The topological polar surface area (TPSA) is 81.3 Å². The second kappa shape index (κ2) is 6.75. The number of fused-ring (bicyclic) bond motifs is 1. The van der Waals surface area contributed by atoms with Gasteiger partial charge in [0.15, 0.2) is 11.5 Å². The van der Waals surface area contributed by atoms with E-state index in [-0.39, 0.29) is 0 Å². The minimum atomic E-state index is 0.534.